The van der Waals surface area contributed by atoms with E-state index in [9.17, 15) is 8.42 Å². The van der Waals surface area contributed by atoms with E-state index in [2.05, 4.69) is 0 Å². The normalized spacial score (nSPS) is 11.3. The topological polar surface area (TPSA) is 94.8 Å². The van der Waals surface area contributed by atoms with Gasteiger partial charge in [-0.1, -0.05) is 0 Å². The molecular formula is C4H10NaO5S. The summed E-state index contributed by atoms with van der Waals surface area (Å²) >= 11 is 0. The van der Waals surface area contributed by atoms with Crippen LogP contribution in [0.25, 0.3) is 0 Å². The van der Waals surface area contributed by atoms with Gasteiger partial charge in [0.1, 0.15) is 0 Å². The Morgan fingerprint density at radius 1 is 1.18 bits per heavy atom. The zero-order valence-corrected chi connectivity index (χ0v) is 9.08. The van der Waals surface area contributed by atoms with Crippen LogP contribution in [0.5, 0.6) is 0 Å². The number of aliphatic hydroxyl groups is 2. The molecule has 0 aromatic heterocycles. The second-order valence-electron chi connectivity index (χ2n) is 1.98. The monoisotopic (exact) mass is 193 g/mol. The maximum Gasteiger partial charge on any atom is 0.265 e. The summed E-state index contributed by atoms with van der Waals surface area (Å²) < 4.78 is 28.4. The molecule has 0 saturated carbocycles. The standard InChI is InChI=1S/C4H10O5S.Na/c5-1-4(2-6)3-10(7,8)9;/h4-6H,1-3H2,(H,7,8,9);. The van der Waals surface area contributed by atoms with Crippen molar-refractivity contribution in [3.63, 3.8) is 0 Å². The third-order valence-corrected chi connectivity index (χ3v) is 1.86. The molecule has 0 heterocycles. The SMILES string of the molecule is O=S(=O)(O)CC(CO)CO.[Na]. The van der Waals surface area contributed by atoms with Crippen LogP contribution in [0, 0.1) is 5.92 Å². The van der Waals surface area contributed by atoms with Crippen molar-refractivity contribution in [2.45, 2.75) is 0 Å². The Hall–Kier alpha value is 0.830. The summed E-state index contributed by atoms with van der Waals surface area (Å²) in [5.41, 5.74) is 0. The summed E-state index contributed by atoms with van der Waals surface area (Å²) in [4.78, 5) is 0. The van der Waals surface area contributed by atoms with E-state index < -0.39 is 35.0 Å². The molecule has 0 aliphatic heterocycles. The zero-order chi connectivity index (χ0) is 8.20. The summed E-state index contributed by atoms with van der Waals surface area (Å²) in [6.07, 6.45) is 0. The minimum atomic E-state index is -4.07. The van der Waals surface area contributed by atoms with Crippen LogP contribution in [0.1, 0.15) is 0 Å². The molecule has 0 saturated heterocycles. The first kappa shape index (κ1) is 14.4. The van der Waals surface area contributed by atoms with E-state index in [0.717, 1.165) is 0 Å². The van der Waals surface area contributed by atoms with Gasteiger partial charge < -0.3 is 10.2 Å². The van der Waals surface area contributed by atoms with Crippen molar-refractivity contribution in [1.29, 1.82) is 0 Å². The second kappa shape index (κ2) is 6.36. The van der Waals surface area contributed by atoms with Gasteiger partial charge in [-0.2, -0.15) is 8.42 Å². The number of rotatable bonds is 4. The van der Waals surface area contributed by atoms with Crippen LogP contribution >= 0.6 is 0 Å². The summed E-state index contributed by atoms with van der Waals surface area (Å²) in [6, 6.07) is 0. The molecular weight excluding hydrogens is 183 g/mol. The maximum absolute atomic E-state index is 10.1. The fourth-order valence-corrected chi connectivity index (χ4v) is 1.27. The van der Waals surface area contributed by atoms with E-state index in [0.29, 0.717) is 0 Å². The molecule has 0 aromatic carbocycles. The third-order valence-electron chi connectivity index (χ3n) is 0.963. The minimum Gasteiger partial charge on any atom is -0.396 e. The van der Waals surface area contributed by atoms with Crippen molar-refractivity contribution in [2.75, 3.05) is 19.0 Å². The van der Waals surface area contributed by atoms with E-state index in [1.54, 1.807) is 0 Å². The van der Waals surface area contributed by atoms with Gasteiger partial charge in [0.15, 0.2) is 0 Å². The summed E-state index contributed by atoms with van der Waals surface area (Å²) in [5.74, 6) is -1.38. The van der Waals surface area contributed by atoms with Crippen molar-refractivity contribution in [3.05, 3.63) is 0 Å². The molecule has 0 atom stereocenters. The second-order valence-corrected chi connectivity index (χ2v) is 3.48. The molecule has 5 nitrogen and oxygen atoms in total. The van der Waals surface area contributed by atoms with Crippen molar-refractivity contribution in [2.24, 2.45) is 5.92 Å². The molecule has 0 aliphatic rings. The number of hydrogen-bond donors (Lipinski definition) is 3. The molecule has 0 rings (SSSR count). The van der Waals surface area contributed by atoms with Gasteiger partial charge in [0.25, 0.3) is 10.1 Å². The zero-order valence-electron chi connectivity index (χ0n) is 6.27. The number of aliphatic hydroxyl groups excluding tert-OH is 2. The van der Waals surface area contributed by atoms with Crippen molar-refractivity contribution >= 4 is 39.7 Å². The summed E-state index contributed by atoms with van der Waals surface area (Å²) in [5, 5.41) is 16.7. The molecule has 0 amide bonds. The minimum absolute atomic E-state index is 0. The van der Waals surface area contributed by atoms with Crippen LogP contribution in [0.2, 0.25) is 0 Å². The smallest absolute Gasteiger partial charge is 0.265 e. The molecule has 11 heavy (non-hydrogen) atoms. The van der Waals surface area contributed by atoms with Crippen LogP contribution in [-0.2, 0) is 10.1 Å². The van der Waals surface area contributed by atoms with Crippen LogP contribution in [0.4, 0.5) is 0 Å². The van der Waals surface area contributed by atoms with Crippen LogP contribution in [-0.4, -0.2) is 71.7 Å². The maximum atomic E-state index is 10.1. The third kappa shape index (κ3) is 8.74. The largest absolute Gasteiger partial charge is 0.396 e. The predicted molar refractivity (Wildman–Crippen MR) is 39.8 cm³/mol. The Balaban J connectivity index is 0. The number of hydrogen-bond acceptors (Lipinski definition) is 4. The van der Waals surface area contributed by atoms with Gasteiger partial charge in [0, 0.05) is 48.7 Å². The van der Waals surface area contributed by atoms with Gasteiger partial charge in [-0.25, -0.2) is 0 Å². The first-order valence-corrected chi connectivity index (χ1v) is 4.27. The van der Waals surface area contributed by atoms with Crippen LogP contribution < -0.4 is 0 Å². The van der Waals surface area contributed by atoms with Gasteiger partial charge in [0.2, 0.25) is 0 Å². The Bertz CT molecular complexity index is 173. The molecule has 0 spiro atoms. The van der Waals surface area contributed by atoms with Gasteiger partial charge in [-0.3, -0.25) is 4.55 Å². The Kier molecular flexibility index (Phi) is 8.30. The Labute approximate surface area is 87.5 Å². The average Bonchev–Trinajstić information content (AvgIpc) is 1.81. The van der Waals surface area contributed by atoms with Gasteiger partial charge in [0.05, 0.1) is 5.75 Å². The molecule has 0 aromatic rings. The van der Waals surface area contributed by atoms with Gasteiger partial charge in [-0.15, -0.1) is 0 Å². The van der Waals surface area contributed by atoms with E-state index in [4.69, 9.17) is 14.8 Å². The fraction of sp³-hybridized carbons (Fsp3) is 1.00. The molecule has 0 bridgehead atoms. The van der Waals surface area contributed by atoms with E-state index >= 15 is 0 Å². The quantitative estimate of drug-likeness (QED) is 0.358. The van der Waals surface area contributed by atoms with Gasteiger partial charge in [-0.05, 0) is 0 Å². The van der Waals surface area contributed by atoms with E-state index in [-0.39, 0.29) is 29.6 Å². The van der Waals surface area contributed by atoms with Gasteiger partial charge >= 0.3 is 0 Å². The van der Waals surface area contributed by atoms with Crippen LogP contribution in [0.15, 0.2) is 0 Å². The van der Waals surface area contributed by atoms with E-state index in [1.165, 1.54) is 0 Å². The van der Waals surface area contributed by atoms with Crippen molar-refractivity contribution in [3.8, 4) is 0 Å². The molecule has 0 aliphatic carbocycles. The summed E-state index contributed by atoms with van der Waals surface area (Å²) in [6.45, 7) is -0.896. The fourth-order valence-electron chi connectivity index (χ4n) is 0.461. The summed E-state index contributed by atoms with van der Waals surface area (Å²) in [7, 11) is -4.07. The van der Waals surface area contributed by atoms with Crippen molar-refractivity contribution < 1.29 is 23.2 Å². The Morgan fingerprint density at radius 2 is 1.55 bits per heavy atom. The molecule has 0 fully saturated rings. The molecule has 1 radical (unpaired) electrons. The van der Waals surface area contributed by atoms with E-state index in [1.807, 2.05) is 0 Å². The molecule has 3 N–H and O–H groups in total. The van der Waals surface area contributed by atoms with Crippen LogP contribution in [0.3, 0.4) is 0 Å². The average molecular weight is 193 g/mol. The first-order valence-electron chi connectivity index (χ1n) is 2.66. The Morgan fingerprint density at radius 3 is 1.64 bits per heavy atom. The first-order chi connectivity index (χ1) is 4.49. The molecule has 0 unspecified atom stereocenters. The molecule has 63 valence electrons. The predicted octanol–water partition coefficient (Wildman–Crippen LogP) is -1.91. The van der Waals surface area contributed by atoms with Crippen molar-refractivity contribution in [1.82, 2.24) is 0 Å². The molecule has 7 heteroatoms.